The van der Waals surface area contributed by atoms with E-state index in [0.29, 0.717) is 12.1 Å². The van der Waals surface area contributed by atoms with Crippen molar-refractivity contribution in [2.75, 3.05) is 7.05 Å². The fourth-order valence-electron chi connectivity index (χ4n) is 2.84. The van der Waals surface area contributed by atoms with Gasteiger partial charge in [-0.1, -0.05) is 18.9 Å². The second-order valence-corrected chi connectivity index (χ2v) is 5.45. The van der Waals surface area contributed by atoms with Gasteiger partial charge in [-0.3, -0.25) is 4.90 Å². The fourth-order valence-corrected chi connectivity index (χ4v) is 2.84. The number of halogens is 1. The molecule has 20 heavy (non-hydrogen) atoms. The predicted octanol–water partition coefficient (Wildman–Crippen LogP) is 2.26. The number of aromatic carboxylic acids is 1. The van der Waals surface area contributed by atoms with Crippen molar-refractivity contribution in [3.05, 3.63) is 35.1 Å². The van der Waals surface area contributed by atoms with Gasteiger partial charge in [-0.2, -0.15) is 0 Å². The number of carbonyl (C=O) groups is 1. The lowest BCUT2D eigenvalue weighted by molar-refractivity contribution is 0.0288. The van der Waals surface area contributed by atoms with Gasteiger partial charge < -0.3 is 10.2 Å². The zero-order chi connectivity index (χ0) is 14.7. The summed E-state index contributed by atoms with van der Waals surface area (Å²) in [7, 11) is 1.90. The highest BCUT2D eigenvalue weighted by Gasteiger charge is 2.26. The molecule has 1 aliphatic carbocycles. The van der Waals surface area contributed by atoms with Crippen LogP contribution in [0.25, 0.3) is 0 Å². The predicted molar refractivity (Wildman–Crippen MR) is 73.1 cm³/mol. The van der Waals surface area contributed by atoms with Crippen LogP contribution in [0.4, 0.5) is 4.39 Å². The lowest BCUT2D eigenvalue weighted by Gasteiger charge is -2.35. The van der Waals surface area contributed by atoms with E-state index < -0.39 is 11.8 Å². The zero-order valence-electron chi connectivity index (χ0n) is 11.6. The first-order chi connectivity index (χ1) is 9.49. The molecule has 2 atom stereocenters. The molecule has 0 amide bonds. The van der Waals surface area contributed by atoms with Gasteiger partial charge in [0.15, 0.2) is 0 Å². The lowest BCUT2D eigenvalue weighted by atomic mass is 9.91. The van der Waals surface area contributed by atoms with Crippen molar-refractivity contribution in [2.24, 2.45) is 0 Å². The Labute approximate surface area is 117 Å². The van der Waals surface area contributed by atoms with Crippen molar-refractivity contribution < 1.29 is 19.4 Å². The number of aliphatic hydroxyl groups excluding tert-OH is 1. The van der Waals surface area contributed by atoms with Crippen molar-refractivity contribution in [1.82, 2.24) is 4.90 Å². The Bertz CT molecular complexity index is 492. The Morgan fingerprint density at radius 1 is 1.40 bits per heavy atom. The molecule has 2 rings (SSSR count). The van der Waals surface area contributed by atoms with Crippen LogP contribution in [0.15, 0.2) is 18.2 Å². The van der Waals surface area contributed by atoms with Gasteiger partial charge in [0.1, 0.15) is 5.82 Å². The number of likely N-dealkylation sites (N-methyl/N-ethyl adjacent to an activating group) is 1. The van der Waals surface area contributed by atoms with Gasteiger partial charge in [0, 0.05) is 12.6 Å². The topological polar surface area (TPSA) is 60.8 Å². The van der Waals surface area contributed by atoms with Gasteiger partial charge in [-0.25, -0.2) is 9.18 Å². The van der Waals surface area contributed by atoms with Crippen LogP contribution in [-0.2, 0) is 6.54 Å². The summed E-state index contributed by atoms with van der Waals surface area (Å²) in [4.78, 5) is 12.8. The molecule has 2 N–H and O–H groups in total. The van der Waals surface area contributed by atoms with Crippen LogP contribution in [0.5, 0.6) is 0 Å². The van der Waals surface area contributed by atoms with Crippen molar-refractivity contribution in [1.29, 1.82) is 0 Å². The summed E-state index contributed by atoms with van der Waals surface area (Å²) in [5, 5.41) is 18.8. The first-order valence-electron chi connectivity index (χ1n) is 6.89. The molecule has 4 nitrogen and oxygen atoms in total. The molecule has 0 bridgehead atoms. The van der Waals surface area contributed by atoms with Crippen LogP contribution in [0.1, 0.15) is 41.6 Å². The van der Waals surface area contributed by atoms with Crippen LogP contribution in [-0.4, -0.2) is 40.3 Å². The highest BCUT2D eigenvalue weighted by atomic mass is 19.1. The second kappa shape index (κ2) is 6.33. The number of hydrogen-bond acceptors (Lipinski definition) is 3. The van der Waals surface area contributed by atoms with Gasteiger partial charge in [-0.05, 0) is 37.6 Å². The monoisotopic (exact) mass is 281 g/mol. The molecule has 110 valence electrons. The minimum Gasteiger partial charge on any atom is -0.478 e. The number of carboxylic acid groups (broad SMARTS) is 1. The molecule has 0 heterocycles. The maximum Gasteiger partial charge on any atom is 0.338 e. The zero-order valence-corrected chi connectivity index (χ0v) is 11.6. The largest absolute Gasteiger partial charge is 0.478 e. The van der Waals surface area contributed by atoms with Crippen LogP contribution in [0, 0.1) is 5.82 Å². The molecule has 1 aromatic rings. The molecule has 0 spiro atoms. The van der Waals surface area contributed by atoms with Crippen LogP contribution in [0.3, 0.4) is 0 Å². The first kappa shape index (κ1) is 14.9. The molecule has 0 saturated heterocycles. The van der Waals surface area contributed by atoms with E-state index in [-0.39, 0.29) is 17.7 Å². The standard InChI is InChI=1S/C15H20FNO3/c1-17(13-4-2-3-5-14(13)18)9-10-6-7-11(15(19)20)12(16)8-10/h6-8,13-14,18H,2-5,9H2,1H3,(H,19,20). The quantitative estimate of drug-likeness (QED) is 0.888. The van der Waals surface area contributed by atoms with Crippen molar-refractivity contribution in [3.63, 3.8) is 0 Å². The summed E-state index contributed by atoms with van der Waals surface area (Å²) in [6.45, 7) is 0.499. The van der Waals surface area contributed by atoms with Gasteiger partial charge >= 0.3 is 5.97 Å². The first-order valence-corrected chi connectivity index (χ1v) is 6.89. The van der Waals surface area contributed by atoms with E-state index in [1.807, 2.05) is 11.9 Å². The molecule has 1 saturated carbocycles. The molecule has 0 aromatic heterocycles. The Hall–Kier alpha value is -1.46. The van der Waals surface area contributed by atoms with E-state index in [1.54, 1.807) is 6.07 Å². The van der Waals surface area contributed by atoms with E-state index in [1.165, 1.54) is 12.1 Å². The van der Waals surface area contributed by atoms with Crippen LogP contribution < -0.4 is 0 Å². The molecule has 5 heteroatoms. The number of rotatable bonds is 4. The van der Waals surface area contributed by atoms with E-state index in [4.69, 9.17) is 5.11 Å². The minimum atomic E-state index is -1.26. The van der Waals surface area contributed by atoms with E-state index in [2.05, 4.69) is 0 Å². The van der Waals surface area contributed by atoms with E-state index in [9.17, 15) is 14.3 Å². The third kappa shape index (κ3) is 3.35. The maximum absolute atomic E-state index is 13.6. The third-order valence-electron chi connectivity index (χ3n) is 3.96. The summed E-state index contributed by atoms with van der Waals surface area (Å²) in [5.74, 6) is -1.97. The smallest absolute Gasteiger partial charge is 0.338 e. The summed E-state index contributed by atoms with van der Waals surface area (Å²) in [5.41, 5.74) is 0.405. The number of nitrogens with zero attached hydrogens (tertiary/aromatic N) is 1. The number of hydrogen-bond donors (Lipinski definition) is 2. The van der Waals surface area contributed by atoms with Gasteiger partial charge in [-0.15, -0.1) is 0 Å². The molecule has 1 fully saturated rings. The Morgan fingerprint density at radius 3 is 2.70 bits per heavy atom. The molecule has 0 radical (unpaired) electrons. The highest BCUT2D eigenvalue weighted by molar-refractivity contribution is 5.87. The Balaban J connectivity index is 2.05. The van der Waals surface area contributed by atoms with Crippen molar-refractivity contribution >= 4 is 5.97 Å². The van der Waals surface area contributed by atoms with Gasteiger partial charge in [0.05, 0.1) is 11.7 Å². The molecule has 0 aliphatic heterocycles. The average Bonchev–Trinajstić information content (AvgIpc) is 2.38. The lowest BCUT2D eigenvalue weighted by Crippen LogP contribution is -2.42. The SMILES string of the molecule is CN(Cc1ccc(C(=O)O)c(F)c1)C1CCCCC1O. The Morgan fingerprint density at radius 2 is 2.10 bits per heavy atom. The number of benzene rings is 1. The summed E-state index contributed by atoms with van der Waals surface area (Å²) in [6, 6.07) is 4.26. The van der Waals surface area contributed by atoms with Crippen LogP contribution in [0.2, 0.25) is 0 Å². The maximum atomic E-state index is 13.6. The highest BCUT2D eigenvalue weighted by Crippen LogP contribution is 2.24. The number of carboxylic acids is 1. The van der Waals surface area contributed by atoms with Crippen molar-refractivity contribution in [2.45, 2.75) is 44.4 Å². The van der Waals surface area contributed by atoms with Gasteiger partial charge in [0.2, 0.25) is 0 Å². The third-order valence-corrected chi connectivity index (χ3v) is 3.96. The molecular formula is C15H20FNO3. The fraction of sp³-hybridized carbons (Fsp3) is 0.533. The summed E-state index contributed by atoms with van der Waals surface area (Å²) >= 11 is 0. The minimum absolute atomic E-state index is 0.0889. The number of aliphatic hydroxyl groups is 1. The molecule has 1 aromatic carbocycles. The summed E-state index contributed by atoms with van der Waals surface area (Å²) in [6.07, 6.45) is 3.55. The Kier molecular flexibility index (Phi) is 4.73. The van der Waals surface area contributed by atoms with Crippen molar-refractivity contribution in [3.8, 4) is 0 Å². The van der Waals surface area contributed by atoms with Crippen LogP contribution >= 0.6 is 0 Å². The van der Waals surface area contributed by atoms with E-state index >= 15 is 0 Å². The molecule has 2 unspecified atom stereocenters. The molecule has 1 aliphatic rings. The van der Waals surface area contributed by atoms with E-state index in [0.717, 1.165) is 25.7 Å². The average molecular weight is 281 g/mol. The summed E-state index contributed by atoms with van der Waals surface area (Å²) < 4.78 is 13.6. The normalized spacial score (nSPS) is 23.0. The van der Waals surface area contributed by atoms with Gasteiger partial charge in [0.25, 0.3) is 0 Å². The molecular weight excluding hydrogens is 261 g/mol. The second-order valence-electron chi connectivity index (χ2n) is 5.45.